The van der Waals surface area contributed by atoms with E-state index in [9.17, 15) is 4.79 Å². The Balaban J connectivity index is 2.04. The van der Waals surface area contributed by atoms with Gasteiger partial charge in [0.15, 0.2) is 0 Å². The number of aromatic nitrogens is 4. The summed E-state index contributed by atoms with van der Waals surface area (Å²) < 4.78 is 0.851. The fourth-order valence-corrected chi connectivity index (χ4v) is 1.60. The molecule has 0 fully saturated rings. The summed E-state index contributed by atoms with van der Waals surface area (Å²) >= 11 is 3.27. The van der Waals surface area contributed by atoms with Crippen LogP contribution in [-0.4, -0.2) is 26.1 Å². The first-order chi connectivity index (χ1) is 8.69. The number of hydrogen-bond donors (Lipinski definition) is 2. The largest absolute Gasteiger partial charge is 0.304 e. The van der Waals surface area contributed by atoms with Crippen LogP contribution in [0, 0.1) is 0 Å². The highest BCUT2D eigenvalue weighted by Crippen LogP contribution is 2.11. The van der Waals surface area contributed by atoms with Crippen LogP contribution in [0.1, 0.15) is 29.8 Å². The molecule has 2 rings (SSSR count). The molecule has 0 aliphatic carbocycles. The first kappa shape index (κ1) is 12.7. The second kappa shape index (κ2) is 5.72. The predicted molar refractivity (Wildman–Crippen MR) is 70.3 cm³/mol. The van der Waals surface area contributed by atoms with Crippen molar-refractivity contribution in [3.8, 4) is 0 Å². The van der Waals surface area contributed by atoms with Crippen molar-refractivity contribution in [2.75, 3.05) is 5.32 Å². The van der Waals surface area contributed by atoms with E-state index in [1.807, 2.05) is 6.92 Å². The summed E-state index contributed by atoms with van der Waals surface area (Å²) in [5.74, 6) is 0.933. The zero-order valence-corrected chi connectivity index (χ0v) is 11.4. The number of rotatable bonds is 4. The van der Waals surface area contributed by atoms with Gasteiger partial charge in [-0.15, -0.1) is 5.10 Å². The van der Waals surface area contributed by atoms with E-state index >= 15 is 0 Å². The summed E-state index contributed by atoms with van der Waals surface area (Å²) in [7, 11) is 0. The third-order valence-corrected chi connectivity index (χ3v) is 2.66. The number of hydrogen-bond acceptors (Lipinski definition) is 4. The molecule has 0 bridgehead atoms. The molecule has 6 nitrogen and oxygen atoms in total. The Morgan fingerprint density at radius 3 is 3.00 bits per heavy atom. The molecule has 0 unspecified atom stereocenters. The minimum absolute atomic E-state index is 0.128. The Morgan fingerprint density at radius 1 is 1.50 bits per heavy atom. The first-order valence-electron chi connectivity index (χ1n) is 5.53. The molecular formula is C11H12BrN5O. The van der Waals surface area contributed by atoms with E-state index in [1.165, 1.54) is 0 Å². The van der Waals surface area contributed by atoms with Crippen LogP contribution in [0.3, 0.4) is 0 Å². The molecule has 0 saturated heterocycles. The van der Waals surface area contributed by atoms with Crippen LogP contribution in [0.4, 0.5) is 5.82 Å². The minimum atomic E-state index is -0.372. The molecule has 0 radical (unpaired) electrons. The number of halogens is 1. The molecule has 0 spiro atoms. The molecule has 0 saturated carbocycles. The van der Waals surface area contributed by atoms with Gasteiger partial charge in [0.1, 0.15) is 11.6 Å². The van der Waals surface area contributed by atoms with Gasteiger partial charge in [0.25, 0.3) is 5.91 Å². The maximum absolute atomic E-state index is 11.8. The summed E-state index contributed by atoms with van der Waals surface area (Å²) in [5.41, 5.74) is 0. The van der Waals surface area contributed by atoms with E-state index in [2.05, 4.69) is 41.4 Å². The van der Waals surface area contributed by atoms with E-state index in [-0.39, 0.29) is 11.7 Å². The van der Waals surface area contributed by atoms with Crippen molar-refractivity contribution in [1.29, 1.82) is 0 Å². The van der Waals surface area contributed by atoms with Crippen LogP contribution in [0.15, 0.2) is 22.8 Å². The highest BCUT2D eigenvalue weighted by Gasteiger charge is 2.12. The van der Waals surface area contributed by atoms with Gasteiger partial charge >= 0.3 is 0 Å². The number of nitrogens with zero attached hydrogens (tertiary/aromatic N) is 3. The molecule has 0 aliphatic heterocycles. The second-order valence-electron chi connectivity index (χ2n) is 3.67. The van der Waals surface area contributed by atoms with Crippen molar-refractivity contribution in [2.45, 2.75) is 19.8 Å². The van der Waals surface area contributed by atoms with Crippen molar-refractivity contribution in [3.63, 3.8) is 0 Å². The van der Waals surface area contributed by atoms with Crippen LogP contribution >= 0.6 is 15.9 Å². The zero-order chi connectivity index (χ0) is 13.0. The third-order valence-electron chi connectivity index (χ3n) is 2.19. The van der Waals surface area contributed by atoms with E-state index in [0.717, 1.165) is 17.3 Å². The van der Waals surface area contributed by atoms with E-state index in [1.54, 1.807) is 18.3 Å². The number of H-pyrrole nitrogens is 1. The van der Waals surface area contributed by atoms with Gasteiger partial charge in [-0.25, -0.2) is 9.97 Å². The predicted octanol–water partition coefficient (Wildman–Crippen LogP) is 2.17. The summed E-state index contributed by atoms with van der Waals surface area (Å²) in [6.07, 6.45) is 3.33. The Kier molecular flexibility index (Phi) is 4.03. The van der Waals surface area contributed by atoms with Gasteiger partial charge in [0, 0.05) is 17.1 Å². The Labute approximate surface area is 112 Å². The smallest absolute Gasteiger partial charge is 0.296 e. The van der Waals surface area contributed by atoms with Crippen molar-refractivity contribution >= 4 is 27.7 Å². The molecule has 18 heavy (non-hydrogen) atoms. The molecular weight excluding hydrogens is 298 g/mol. The van der Waals surface area contributed by atoms with E-state index < -0.39 is 0 Å². The number of aryl methyl sites for hydroxylation is 1. The molecule has 0 atom stereocenters. The monoisotopic (exact) mass is 309 g/mol. The molecule has 2 heterocycles. The molecule has 1 amide bonds. The van der Waals surface area contributed by atoms with E-state index in [4.69, 9.17) is 0 Å². The van der Waals surface area contributed by atoms with Crippen molar-refractivity contribution in [1.82, 2.24) is 20.2 Å². The number of pyridine rings is 1. The lowest BCUT2D eigenvalue weighted by atomic mass is 10.3. The minimum Gasteiger partial charge on any atom is -0.304 e. The standard InChI is InChI=1S/C11H12BrN5O/c1-2-3-9-14-10(17-16-9)11(18)15-8-5-4-7(12)6-13-8/h4-6H,2-3H2,1H3,(H,13,15,18)(H,14,16,17). The quantitative estimate of drug-likeness (QED) is 0.906. The topological polar surface area (TPSA) is 83.6 Å². The lowest BCUT2D eigenvalue weighted by Crippen LogP contribution is -2.14. The molecule has 2 N–H and O–H groups in total. The summed E-state index contributed by atoms with van der Waals surface area (Å²) in [4.78, 5) is 19.9. The van der Waals surface area contributed by atoms with Gasteiger partial charge < -0.3 is 5.32 Å². The summed E-state index contributed by atoms with van der Waals surface area (Å²) in [6.45, 7) is 2.04. The molecule has 7 heteroatoms. The van der Waals surface area contributed by atoms with Crippen LogP contribution < -0.4 is 5.32 Å². The molecule has 2 aromatic heterocycles. The number of carbonyl (C=O) groups excluding carboxylic acids is 1. The second-order valence-corrected chi connectivity index (χ2v) is 4.59. The van der Waals surface area contributed by atoms with E-state index in [0.29, 0.717) is 11.6 Å². The SMILES string of the molecule is CCCc1nc(C(=O)Nc2ccc(Br)cn2)n[nH]1. The van der Waals surface area contributed by atoms with Gasteiger partial charge in [0.2, 0.25) is 5.82 Å². The van der Waals surface area contributed by atoms with Crippen LogP contribution in [-0.2, 0) is 6.42 Å². The van der Waals surface area contributed by atoms with Crippen LogP contribution in [0.25, 0.3) is 0 Å². The Bertz CT molecular complexity index is 537. The van der Waals surface area contributed by atoms with Gasteiger partial charge in [-0.05, 0) is 34.5 Å². The normalized spacial score (nSPS) is 10.3. The highest BCUT2D eigenvalue weighted by molar-refractivity contribution is 9.10. The maximum Gasteiger partial charge on any atom is 0.296 e. The van der Waals surface area contributed by atoms with Gasteiger partial charge in [-0.1, -0.05) is 6.92 Å². The molecule has 94 valence electrons. The molecule has 0 aliphatic rings. The summed E-state index contributed by atoms with van der Waals surface area (Å²) in [6, 6.07) is 3.49. The fraction of sp³-hybridized carbons (Fsp3) is 0.273. The first-order valence-corrected chi connectivity index (χ1v) is 6.32. The van der Waals surface area contributed by atoms with Crippen molar-refractivity contribution in [2.24, 2.45) is 0 Å². The van der Waals surface area contributed by atoms with Crippen molar-refractivity contribution < 1.29 is 4.79 Å². The molecule has 0 aromatic carbocycles. The highest BCUT2D eigenvalue weighted by atomic mass is 79.9. The third kappa shape index (κ3) is 3.13. The molecule has 2 aromatic rings. The van der Waals surface area contributed by atoms with Gasteiger partial charge in [0.05, 0.1) is 0 Å². The Morgan fingerprint density at radius 2 is 2.33 bits per heavy atom. The van der Waals surface area contributed by atoms with Gasteiger partial charge in [-0.2, -0.15) is 0 Å². The number of anilines is 1. The van der Waals surface area contributed by atoms with Crippen LogP contribution in [0.2, 0.25) is 0 Å². The van der Waals surface area contributed by atoms with Crippen molar-refractivity contribution in [3.05, 3.63) is 34.5 Å². The van der Waals surface area contributed by atoms with Crippen LogP contribution in [0.5, 0.6) is 0 Å². The lowest BCUT2D eigenvalue weighted by molar-refractivity contribution is 0.101. The number of aromatic amines is 1. The maximum atomic E-state index is 11.8. The zero-order valence-electron chi connectivity index (χ0n) is 9.77. The summed E-state index contributed by atoms with van der Waals surface area (Å²) in [5, 5.41) is 9.22. The number of amides is 1. The fourth-order valence-electron chi connectivity index (χ4n) is 1.37. The average molecular weight is 310 g/mol. The Hall–Kier alpha value is -1.76. The number of nitrogens with one attached hydrogen (secondary N) is 2. The average Bonchev–Trinajstić information content (AvgIpc) is 2.81. The lowest BCUT2D eigenvalue weighted by Gasteiger charge is -2.00. The van der Waals surface area contributed by atoms with Gasteiger partial charge in [-0.3, -0.25) is 9.89 Å². The number of carbonyl (C=O) groups is 1.